The Labute approximate surface area is 166 Å². The van der Waals surface area contributed by atoms with Crippen molar-refractivity contribution in [2.24, 2.45) is 0 Å². The number of hydrogen-bond acceptors (Lipinski definition) is 4. The normalized spacial score (nSPS) is 16.4. The van der Waals surface area contributed by atoms with Crippen molar-refractivity contribution in [1.29, 1.82) is 0 Å². The molecule has 0 radical (unpaired) electrons. The van der Waals surface area contributed by atoms with E-state index in [1.54, 1.807) is 4.90 Å². The standard InChI is InChI=1S/C22H27N3O3/c1-16-14-25(22(27)28-16)15-17-7-9-18(10-8-17)19-5-4-6-20(13-19)21(26)23-11-12-24(2)3/h4-10,13,16H,11-12,14-15H2,1-3H3,(H,23,26). The zero-order valence-corrected chi connectivity index (χ0v) is 16.6. The average molecular weight is 381 g/mol. The molecule has 2 aromatic carbocycles. The fourth-order valence-electron chi connectivity index (χ4n) is 3.16. The van der Waals surface area contributed by atoms with Crippen molar-refractivity contribution in [3.05, 3.63) is 59.7 Å². The molecule has 1 fully saturated rings. The van der Waals surface area contributed by atoms with E-state index >= 15 is 0 Å². The fraction of sp³-hybridized carbons (Fsp3) is 0.364. The molecule has 28 heavy (non-hydrogen) atoms. The third-order valence-corrected chi connectivity index (χ3v) is 4.67. The zero-order valence-electron chi connectivity index (χ0n) is 16.6. The lowest BCUT2D eigenvalue weighted by molar-refractivity contribution is 0.0951. The van der Waals surface area contributed by atoms with Crippen LogP contribution in [0.3, 0.4) is 0 Å². The summed E-state index contributed by atoms with van der Waals surface area (Å²) in [5, 5.41) is 2.94. The van der Waals surface area contributed by atoms with Gasteiger partial charge in [-0.3, -0.25) is 4.79 Å². The Balaban J connectivity index is 1.65. The number of benzene rings is 2. The number of hydrogen-bond donors (Lipinski definition) is 1. The highest BCUT2D eigenvalue weighted by Crippen LogP contribution is 2.22. The number of likely N-dealkylation sites (N-methyl/N-ethyl adjacent to an activating group) is 1. The van der Waals surface area contributed by atoms with Gasteiger partial charge in [0.1, 0.15) is 6.10 Å². The van der Waals surface area contributed by atoms with Crippen LogP contribution in [0, 0.1) is 0 Å². The first kappa shape index (κ1) is 19.9. The van der Waals surface area contributed by atoms with Crippen molar-refractivity contribution in [2.75, 3.05) is 33.7 Å². The van der Waals surface area contributed by atoms with Crippen molar-refractivity contribution in [1.82, 2.24) is 15.1 Å². The summed E-state index contributed by atoms with van der Waals surface area (Å²) in [5.41, 5.74) is 3.71. The lowest BCUT2D eigenvalue weighted by atomic mass is 10.0. The Morgan fingerprint density at radius 1 is 1.18 bits per heavy atom. The van der Waals surface area contributed by atoms with Gasteiger partial charge in [-0.2, -0.15) is 0 Å². The minimum absolute atomic E-state index is 0.0571. The van der Waals surface area contributed by atoms with E-state index < -0.39 is 0 Å². The summed E-state index contributed by atoms with van der Waals surface area (Å²) in [4.78, 5) is 27.8. The number of cyclic esters (lactones) is 1. The summed E-state index contributed by atoms with van der Waals surface area (Å²) in [6.07, 6.45) is -0.317. The van der Waals surface area contributed by atoms with Gasteiger partial charge >= 0.3 is 6.09 Å². The molecule has 2 aromatic rings. The Morgan fingerprint density at radius 3 is 2.57 bits per heavy atom. The molecule has 0 saturated carbocycles. The van der Waals surface area contributed by atoms with E-state index in [0.29, 0.717) is 25.2 Å². The van der Waals surface area contributed by atoms with E-state index in [4.69, 9.17) is 4.74 Å². The molecule has 1 atom stereocenters. The van der Waals surface area contributed by atoms with Gasteiger partial charge in [-0.1, -0.05) is 36.4 Å². The van der Waals surface area contributed by atoms with Gasteiger partial charge in [0.15, 0.2) is 0 Å². The lowest BCUT2D eigenvalue weighted by Crippen LogP contribution is -2.31. The van der Waals surface area contributed by atoms with Crippen LogP contribution in [-0.4, -0.2) is 61.6 Å². The van der Waals surface area contributed by atoms with Gasteiger partial charge in [-0.05, 0) is 49.8 Å². The van der Waals surface area contributed by atoms with Crippen molar-refractivity contribution < 1.29 is 14.3 Å². The van der Waals surface area contributed by atoms with E-state index in [-0.39, 0.29) is 18.1 Å². The Hall–Kier alpha value is -2.86. The van der Waals surface area contributed by atoms with Gasteiger partial charge in [0.2, 0.25) is 0 Å². The maximum atomic E-state index is 12.3. The minimum atomic E-state index is -0.260. The maximum Gasteiger partial charge on any atom is 0.410 e. The molecule has 1 heterocycles. The molecule has 0 aromatic heterocycles. The molecule has 148 valence electrons. The number of nitrogens with one attached hydrogen (secondary N) is 1. The molecule has 1 aliphatic rings. The van der Waals surface area contributed by atoms with Crippen LogP contribution in [0.1, 0.15) is 22.8 Å². The number of rotatable bonds is 7. The van der Waals surface area contributed by atoms with Crippen LogP contribution < -0.4 is 5.32 Å². The smallest absolute Gasteiger partial charge is 0.410 e. The summed E-state index contributed by atoms with van der Waals surface area (Å²) in [5.74, 6) is -0.0676. The molecule has 6 heteroatoms. The number of carbonyl (C=O) groups is 2. The highest BCUT2D eigenvalue weighted by molar-refractivity contribution is 5.95. The molecule has 1 N–H and O–H groups in total. The van der Waals surface area contributed by atoms with Gasteiger partial charge < -0.3 is 19.9 Å². The Morgan fingerprint density at radius 2 is 1.93 bits per heavy atom. The monoisotopic (exact) mass is 381 g/mol. The molecule has 6 nitrogen and oxygen atoms in total. The van der Waals surface area contributed by atoms with Crippen molar-refractivity contribution in [2.45, 2.75) is 19.6 Å². The molecule has 1 unspecified atom stereocenters. The third kappa shape index (κ3) is 5.10. The molecule has 1 aliphatic heterocycles. The van der Waals surface area contributed by atoms with E-state index in [0.717, 1.165) is 23.2 Å². The van der Waals surface area contributed by atoms with Crippen molar-refractivity contribution >= 4 is 12.0 Å². The van der Waals surface area contributed by atoms with E-state index in [2.05, 4.69) is 5.32 Å². The van der Waals surface area contributed by atoms with Crippen LogP contribution in [0.4, 0.5) is 4.79 Å². The lowest BCUT2D eigenvalue weighted by Gasteiger charge is -2.13. The highest BCUT2D eigenvalue weighted by atomic mass is 16.6. The van der Waals surface area contributed by atoms with Crippen LogP contribution in [-0.2, 0) is 11.3 Å². The van der Waals surface area contributed by atoms with Gasteiger partial charge in [0.05, 0.1) is 6.54 Å². The number of amides is 2. The first-order chi connectivity index (χ1) is 13.4. The second kappa shape index (κ2) is 8.89. The molecule has 0 spiro atoms. The summed E-state index contributed by atoms with van der Waals surface area (Å²) < 4.78 is 5.16. The number of ether oxygens (including phenoxy) is 1. The van der Waals surface area contributed by atoms with E-state index in [9.17, 15) is 9.59 Å². The molecule has 0 aliphatic carbocycles. The predicted octanol–water partition coefficient (Wildman–Crippen LogP) is 2.99. The number of carbonyl (C=O) groups excluding carboxylic acids is 2. The average Bonchev–Trinajstić information content (AvgIpc) is 2.99. The Kier molecular flexibility index (Phi) is 6.31. The molecule has 1 saturated heterocycles. The molecule has 0 bridgehead atoms. The summed E-state index contributed by atoms with van der Waals surface area (Å²) in [7, 11) is 3.95. The summed E-state index contributed by atoms with van der Waals surface area (Å²) in [6, 6.07) is 15.7. The van der Waals surface area contributed by atoms with E-state index in [1.165, 1.54) is 0 Å². The van der Waals surface area contributed by atoms with Crippen LogP contribution in [0.25, 0.3) is 11.1 Å². The number of nitrogens with zero attached hydrogens (tertiary/aromatic N) is 2. The van der Waals surface area contributed by atoms with Gasteiger partial charge in [-0.15, -0.1) is 0 Å². The highest BCUT2D eigenvalue weighted by Gasteiger charge is 2.27. The first-order valence-corrected chi connectivity index (χ1v) is 9.50. The van der Waals surface area contributed by atoms with Crippen LogP contribution >= 0.6 is 0 Å². The van der Waals surface area contributed by atoms with Crippen LogP contribution in [0.5, 0.6) is 0 Å². The summed E-state index contributed by atoms with van der Waals surface area (Å²) >= 11 is 0. The van der Waals surface area contributed by atoms with Crippen LogP contribution in [0.2, 0.25) is 0 Å². The SMILES string of the molecule is CC1CN(Cc2ccc(-c3cccc(C(=O)NCCN(C)C)c3)cc2)C(=O)O1. The molecular weight excluding hydrogens is 354 g/mol. The molecular formula is C22H27N3O3. The largest absolute Gasteiger partial charge is 0.444 e. The van der Waals surface area contributed by atoms with Crippen LogP contribution in [0.15, 0.2) is 48.5 Å². The Bertz CT molecular complexity index is 833. The second-order valence-electron chi connectivity index (χ2n) is 7.41. The second-order valence-corrected chi connectivity index (χ2v) is 7.41. The molecule has 2 amide bonds. The van der Waals surface area contributed by atoms with Gasteiger partial charge in [0, 0.05) is 25.2 Å². The zero-order chi connectivity index (χ0) is 20.1. The summed E-state index contributed by atoms with van der Waals surface area (Å²) in [6.45, 7) is 4.46. The van der Waals surface area contributed by atoms with Crippen molar-refractivity contribution in [3.8, 4) is 11.1 Å². The van der Waals surface area contributed by atoms with Gasteiger partial charge in [-0.25, -0.2) is 4.79 Å². The first-order valence-electron chi connectivity index (χ1n) is 9.50. The molecule has 3 rings (SSSR count). The topological polar surface area (TPSA) is 61.9 Å². The quantitative estimate of drug-likeness (QED) is 0.801. The third-order valence-electron chi connectivity index (χ3n) is 4.67. The van der Waals surface area contributed by atoms with Gasteiger partial charge in [0.25, 0.3) is 5.91 Å². The predicted molar refractivity (Wildman–Crippen MR) is 109 cm³/mol. The maximum absolute atomic E-state index is 12.3. The van der Waals surface area contributed by atoms with E-state index in [1.807, 2.05) is 74.4 Å². The fourth-order valence-corrected chi connectivity index (χ4v) is 3.16. The van der Waals surface area contributed by atoms with Crippen molar-refractivity contribution in [3.63, 3.8) is 0 Å². The minimum Gasteiger partial charge on any atom is -0.444 e.